The van der Waals surface area contributed by atoms with E-state index in [-0.39, 0.29) is 6.42 Å². The number of carbonyl (C=O) groups excluding carboxylic acids is 1. The van der Waals surface area contributed by atoms with Crippen molar-refractivity contribution < 1.29 is 23.5 Å². The van der Waals surface area contributed by atoms with E-state index in [4.69, 9.17) is 5.11 Å². The van der Waals surface area contributed by atoms with E-state index in [0.717, 1.165) is 0 Å². The Morgan fingerprint density at radius 1 is 1.43 bits per heavy atom. The molecule has 1 aliphatic carbocycles. The van der Waals surface area contributed by atoms with Gasteiger partial charge in [0.25, 0.3) is 5.91 Å². The molecule has 2 atom stereocenters. The lowest BCUT2D eigenvalue weighted by Gasteiger charge is -2.11. The number of carbonyl (C=O) groups is 2. The molecule has 14 heavy (non-hydrogen) atoms. The number of hydrogen-bond acceptors (Lipinski definition) is 2. The van der Waals surface area contributed by atoms with Gasteiger partial charge in [0.2, 0.25) is 0 Å². The molecule has 2 N–H and O–H groups in total. The van der Waals surface area contributed by atoms with Gasteiger partial charge in [0.05, 0.1) is 5.92 Å². The van der Waals surface area contributed by atoms with Gasteiger partial charge in [-0.25, -0.2) is 0 Å². The molecule has 1 rings (SSSR count). The topological polar surface area (TPSA) is 66.4 Å². The van der Waals surface area contributed by atoms with E-state index in [1.54, 1.807) is 0 Å². The van der Waals surface area contributed by atoms with Gasteiger partial charge in [-0.1, -0.05) is 12.2 Å². The molecule has 0 saturated carbocycles. The molecule has 0 heterocycles. The van der Waals surface area contributed by atoms with Crippen LogP contribution in [-0.4, -0.2) is 29.5 Å². The van der Waals surface area contributed by atoms with Gasteiger partial charge in [0.1, 0.15) is 0 Å². The largest absolute Gasteiger partial charge is 0.481 e. The second-order valence-electron chi connectivity index (χ2n) is 2.98. The second kappa shape index (κ2) is 4.17. The summed E-state index contributed by atoms with van der Waals surface area (Å²) < 4.78 is 23.6. The van der Waals surface area contributed by atoms with Crippen molar-refractivity contribution in [2.24, 2.45) is 5.92 Å². The van der Waals surface area contributed by atoms with Gasteiger partial charge >= 0.3 is 12.4 Å². The summed E-state index contributed by atoms with van der Waals surface area (Å²) in [5.74, 6) is -3.08. The fourth-order valence-electron chi connectivity index (χ4n) is 1.23. The highest BCUT2D eigenvalue weighted by Crippen LogP contribution is 2.18. The normalized spacial score (nSPS) is 25.4. The third kappa shape index (κ3) is 2.51. The molecule has 0 bridgehead atoms. The van der Waals surface area contributed by atoms with E-state index in [0.29, 0.717) is 0 Å². The minimum atomic E-state index is -3.06. The van der Waals surface area contributed by atoms with Crippen molar-refractivity contribution in [2.45, 2.75) is 18.9 Å². The van der Waals surface area contributed by atoms with Gasteiger partial charge in [0, 0.05) is 6.04 Å². The minimum absolute atomic E-state index is 0.133. The highest BCUT2D eigenvalue weighted by atomic mass is 19.3. The number of carboxylic acids is 1. The molecule has 1 aliphatic rings. The number of aliphatic carboxylic acids is 1. The molecule has 0 radical (unpaired) electrons. The lowest BCUT2D eigenvalue weighted by Crippen LogP contribution is -2.37. The van der Waals surface area contributed by atoms with Crippen LogP contribution in [0.1, 0.15) is 6.42 Å². The Labute approximate surface area is 78.6 Å². The van der Waals surface area contributed by atoms with Crippen molar-refractivity contribution >= 4 is 11.9 Å². The predicted molar refractivity (Wildman–Crippen MR) is 42.8 cm³/mol. The molecule has 0 fully saturated rings. The molecule has 6 heteroatoms. The van der Waals surface area contributed by atoms with E-state index in [1.807, 2.05) is 5.32 Å². The maximum absolute atomic E-state index is 11.8. The van der Waals surface area contributed by atoms with Crippen LogP contribution in [0.15, 0.2) is 12.2 Å². The van der Waals surface area contributed by atoms with E-state index >= 15 is 0 Å². The van der Waals surface area contributed by atoms with Crippen LogP contribution in [0, 0.1) is 5.92 Å². The quantitative estimate of drug-likeness (QED) is 0.655. The standard InChI is InChI=1S/C8H9F2NO3/c9-6(10)7(12)11-5-2-1-4(3-5)8(13)14/h1-2,4-6H,3H2,(H,11,12)(H,13,14). The fraction of sp³-hybridized carbons (Fsp3) is 0.500. The Bertz CT molecular complexity index is 278. The van der Waals surface area contributed by atoms with E-state index in [2.05, 4.69) is 0 Å². The number of carboxylic acid groups (broad SMARTS) is 1. The first kappa shape index (κ1) is 10.6. The van der Waals surface area contributed by atoms with Crippen molar-refractivity contribution in [3.8, 4) is 0 Å². The summed E-state index contributed by atoms with van der Waals surface area (Å²) in [5, 5.41) is 10.6. The Balaban J connectivity index is 2.41. The first-order valence-electron chi connectivity index (χ1n) is 4.00. The van der Waals surface area contributed by atoms with Crippen molar-refractivity contribution in [3.05, 3.63) is 12.2 Å². The number of amides is 1. The van der Waals surface area contributed by atoms with E-state index in [1.165, 1.54) is 12.2 Å². The molecule has 78 valence electrons. The molecule has 2 unspecified atom stereocenters. The van der Waals surface area contributed by atoms with Crippen LogP contribution in [0.4, 0.5) is 8.78 Å². The molecule has 0 aromatic heterocycles. The Morgan fingerprint density at radius 3 is 2.50 bits per heavy atom. The summed E-state index contributed by atoms with van der Waals surface area (Å²) in [7, 11) is 0. The summed E-state index contributed by atoms with van der Waals surface area (Å²) >= 11 is 0. The smallest absolute Gasteiger partial charge is 0.315 e. The molecule has 1 amide bonds. The van der Waals surface area contributed by atoms with Gasteiger partial charge < -0.3 is 10.4 Å². The van der Waals surface area contributed by atoms with Crippen LogP contribution in [-0.2, 0) is 9.59 Å². The van der Waals surface area contributed by atoms with Gasteiger partial charge in [-0.05, 0) is 6.42 Å². The molecule has 0 aliphatic heterocycles. The van der Waals surface area contributed by atoms with Crippen LogP contribution in [0.3, 0.4) is 0 Å². The average molecular weight is 205 g/mol. The average Bonchev–Trinajstić information content (AvgIpc) is 2.52. The van der Waals surface area contributed by atoms with Crippen LogP contribution in [0.25, 0.3) is 0 Å². The molecular formula is C8H9F2NO3. The minimum Gasteiger partial charge on any atom is -0.481 e. The van der Waals surface area contributed by atoms with Crippen molar-refractivity contribution in [2.75, 3.05) is 0 Å². The van der Waals surface area contributed by atoms with Crippen LogP contribution >= 0.6 is 0 Å². The van der Waals surface area contributed by atoms with Gasteiger partial charge in [0.15, 0.2) is 0 Å². The second-order valence-corrected chi connectivity index (χ2v) is 2.98. The number of nitrogens with one attached hydrogen (secondary N) is 1. The number of halogens is 2. The van der Waals surface area contributed by atoms with Crippen molar-refractivity contribution in [3.63, 3.8) is 0 Å². The van der Waals surface area contributed by atoms with Crippen LogP contribution in [0.2, 0.25) is 0 Å². The summed E-state index contributed by atoms with van der Waals surface area (Å²) in [4.78, 5) is 21.0. The first-order chi connectivity index (χ1) is 6.50. The molecular weight excluding hydrogens is 196 g/mol. The summed E-state index contributed by atoms with van der Waals surface area (Å²) in [6.45, 7) is 0. The lowest BCUT2D eigenvalue weighted by molar-refractivity contribution is -0.140. The van der Waals surface area contributed by atoms with Gasteiger partial charge in [-0.2, -0.15) is 8.78 Å². The Morgan fingerprint density at radius 2 is 2.07 bits per heavy atom. The monoisotopic (exact) mass is 205 g/mol. The highest BCUT2D eigenvalue weighted by molar-refractivity contribution is 5.80. The number of rotatable bonds is 3. The summed E-state index contributed by atoms with van der Waals surface area (Å²) in [6.07, 6.45) is -0.127. The Kier molecular flexibility index (Phi) is 3.16. The van der Waals surface area contributed by atoms with Crippen LogP contribution in [0.5, 0.6) is 0 Å². The maximum atomic E-state index is 11.8. The SMILES string of the molecule is O=C(NC1C=CC(C(=O)O)C1)C(F)F. The molecule has 4 nitrogen and oxygen atoms in total. The lowest BCUT2D eigenvalue weighted by atomic mass is 10.1. The van der Waals surface area contributed by atoms with Gasteiger partial charge in [-0.15, -0.1) is 0 Å². The van der Waals surface area contributed by atoms with E-state index < -0.39 is 30.3 Å². The molecule has 0 aromatic carbocycles. The molecule has 0 saturated heterocycles. The highest BCUT2D eigenvalue weighted by Gasteiger charge is 2.27. The summed E-state index contributed by atoms with van der Waals surface area (Å²) in [6, 6.07) is -0.599. The number of alkyl halides is 2. The predicted octanol–water partition coefficient (Wildman–Crippen LogP) is 0.397. The molecule has 0 spiro atoms. The Hall–Kier alpha value is -1.46. The van der Waals surface area contributed by atoms with Crippen molar-refractivity contribution in [1.82, 2.24) is 5.32 Å². The zero-order valence-corrected chi connectivity index (χ0v) is 7.11. The fourth-order valence-corrected chi connectivity index (χ4v) is 1.23. The summed E-state index contributed by atoms with van der Waals surface area (Å²) in [5.41, 5.74) is 0. The molecule has 0 aromatic rings. The zero-order valence-electron chi connectivity index (χ0n) is 7.11. The zero-order chi connectivity index (χ0) is 10.7. The first-order valence-corrected chi connectivity index (χ1v) is 4.00. The maximum Gasteiger partial charge on any atom is 0.315 e. The number of hydrogen-bond donors (Lipinski definition) is 2. The third-order valence-electron chi connectivity index (χ3n) is 1.93. The van der Waals surface area contributed by atoms with Gasteiger partial charge in [-0.3, -0.25) is 9.59 Å². The third-order valence-corrected chi connectivity index (χ3v) is 1.93. The van der Waals surface area contributed by atoms with Crippen LogP contribution < -0.4 is 5.32 Å². The van der Waals surface area contributed by atoms with Crippen molar-refractivity contribution in [1.29, 1.82) is 0 Å². The van der Waals surface area contributed by atoms with E-state index in [9.17, 15) is 18.4 Å².